The van der Waals surface area contributed by atoms with Crippen molar-refractivity contribution < 1.29 is 18.7 Å². The fourth-order valence-corrected chi connectivity index (χ4v) is 3.59. The van der Waals surface area contributed by atoms with Crippen molar-refractivity contribution in [1.29, 1.82) is 0 Å². The molecule has 1 atom stereocenters. The van der Waals surface area contributed by atoms with Crippen LogP contribution < -0.4 is 14.8 Å². The summed E-state index contributed by atoms with van der Waals surface area (Å²) < 4.78 is 16.2. The molecule has 9 heteroatoms. The van der Waals surface area contributed by atoms with Crippen LogP contribution in [0.15, 0.2) is 45.4 Å². The fourth-order valence-electron chi connectivity index (χ4n) is 2.24. The highest BCUT2D eigenvalue weighted by Gasteiger charge is 2.19. The SMILES string of the molecule is COc1cc(OC)cc(-c2nnc(S[C@H](C)C(=O)NCc3cccs3)o2)c1. The summed E-state index contributed by atoms with van der Waals surface area (Å²) >= 11 is 2.82. The van der Waals surface area contributed by atoms with E-state index in [1.807, 2.05) is 17.5 Å². The van der Waals surface area contributed by atoms with Crippen molar-refractivity contribution in [2.45, 2.75) is 23.9 Å². The summed E-state index contributed by atoms with van der Waals surface area (Å²) in [6.45, 7) is 2.31. The Bertz CT molecular complexity index is 874. The van der Waals surface area contributed by atoms with Gasteiger partial charge in [-0.3, -0.25) is 4.79 Å². The van der Waals surface area contributed by atoms with Gasteiger partial charge in [-0.2, -0.15) is 0 Å². The van der Waals surface area contributed by atoms with Gasteiger partial charge in [0.2, 0.25) is 11.8 Å². The van der Waals surface area contributed by atoms with E-state index < -0.39 is 0 Å². The zero-order valence-corrected chi connectivity index (χ0v) is 16.7. The van der Waals surface area contributed by atoms with Crippen LogP contribution in [0.25, 0.3) is 11.5 Å². The number of carbonyl (C=O) groups is 1. The minimum atomic E-state index is -0.363. The Kier molecular flexibility index (Phi) is 6.36. The lowest BCUT2D eigenvalue weighted by Crippen LogP contribution is -2.30. The highest BCUT2D eigenvalue weighted by atomic mass is 32.2. The topological polar surface area (TPSA) is 86.5 Å². The maximum atomic E-state index is 12.2. The number of benzene rings is 1. The quantitative estimate of drug-likeness (QED) is 0.573. The van der Waals surface area contributed by atoms with E-state index in [0.717, 1.165) is 4.88 Å². The van der Waals surface area contributed by atoms with E-state index in [1.54, 1.807) is 50.7 Å². The molecule has 142 valence electrons. The molecule has 0 saturated heterocycles. The molecule has 0 fully saturated rings. The first-order valence-corrected chi connectivity index (χ1v) is 9.88. The molecule has 1 N–H and O–H groups in total. The van der Waals surface area contributed by atoms with Gasteiger partial charge in [-0.05, 0) is 30.5 Å². The van der Waals surface area contributed by atoms with E-state index in [2.05, 4.69) is 15.5 Å². The monoisotopic (exact) mass is 405 g/mol. The maximum Gasteiger partial charge on any atom is 0.277 e. The molecule has 0 aliphatic carbocycles. The Morgan fingerprint density at radius 3 is 2.63 bits per heavy atom. The minimum absolute atomic E-state index is 0.0869. The molecule has 0 bridgehead atoms. The number of rotatable bonds is 8. The lowest BCUT2D eigenvalue weighted by Gasteiger charge is -2.08. The van der Waals surface area contributed by atoms with Crippen molar-refractivity contribution in [3.63, 3.8) is 0 Å². The van der Waals surface area contributed by atoms with Crippen LogP contribution in [0.5, 0.6) is 11.5 Å². The second-order valence-electron chi connectivity index (χ2n) is 5.53. The number of thiophene rings is 1. The predicted octanol–water partition coefficient (Wildman–Crippen LogP) is 3.61. The van der Waals surface area contributed by atoms with Crippen molar-refractivity contribution in [2.24, 2.45) is 0 Å². The zero-order chi connectivity index (χ0) is 19.2. The first kappa shape index (κ1) is 19.2. The average molecular weight is 406 g/mol. The Hall–Kier alpha value is -2.52. The number of thioether (sulfide) groups is 1. The van der Waals surface area contributed by atoms with Gasteiger partial charge in [0.15, 0.2) is 0 Å². The van der Waals surface area contributed by atoms with E-state index in [4.69, 9.17) is 13.9 Å². The average Bonchev–Trinajstić information content (AvgIpc) is 3.37. The number of methoxy groups -OCH3 is 2. The molecule has 0 aliphatic heterocycles. The fraction of sp³-hybridized carbons (Fsp3) is 0.278. The van der Waals surface area contributed by atoms with Gasteiger partial charge in [0.25, 0.3) is 5.22 Å². The third kappa shape index (κ3) is 5.01. The summed E-state index contributed by atoms with van der Waals surface area (Å²) in [6, 6.07) is 9.26. The lowest BCUT2D eigenvalue weighted by molar-refractivity contribution is -0.120. The molecule has 0 aliphatic rings. The van der Waals surface area contributed by atoms with Gasteiger partial charge >= 0.3 is 0 Å². The molecule has 0 unspecified atom stereocenters. The lowest BCUT2D eigenvalue weighted by atomic mass is 10.2. The first-order valence-electron chi connectivity index (χ1n) is 8.12. The van der Waals surface area contributed by atoms with Crippen molar-refractivity contribution in [3.8, 4) is 23.0 Å². The summed E-state index contributed by atoms with van der Waals surface area (Å²) in [5.41, 5.74) is 0.681. The van der Waals surface area contributed by atoms with Crippen molar-refractivity contribution >= 4 is 29.0 Å². The summed E-state index contributed by atoms with van der Waals surface area (Å²) in [7, 11) is 3.15. The molecule has 3 rings (SSSR count). The number of ether oxygens (including phenoxy) is 2. The van der Waals surface area contributed by atoms with E-state index in [1.165, 1.54) is 11.8 Å². The number of nitrogens with zero attached hydrogens (tertiary/aromatic N) is 2. The Morgan fingerprint density at radius 1 is 1.26 bits per heavy atom. The predicted molar refractivity (Wildman–Crippen MR) is 104 cm³/mol. The third-order valence-corrected chi connectivity index (χ3v) is 5.48. The Labute approximate surface area is 165 Å². The van der Waals surface area contributed by atoms with E-state index in [-0.39, 0.29) is 11.2 Å². The molecule has 0 spiro atoms. The molecule has 3 aromatic rings. The number of nitrogens with one attached hydrogen (secondary N) is 1. The molecular formula is C18H19N3O4S2. The second-order valence-corrected chi connectivity index (χ2v) is 7.86. The van der Waals surface area contributed by atoms with Crippen LogP contribution >= 0.6 is 23.1 Å². The van der Waals surface area contributed by atoms with Crippen LogP contribution in [0.1, 0.15) is 11.8 Å². The summed E-state index contributed by atoms with van der Waals surface area (Å²) in [5, 5.41) is 12.9. The standard InChI is InChI=1S/C18H19N3O4S2/c1-11(16(22)19-10-15-5-4-6-26-15)27-18-21-20-17(25-18)12-7-13(23-2)9-14(8-12)24-3/h4-9,11H,10H2,1-3H3,(H,19,22)/t11-/m1/s1. The number of amides is 1. The highest BCUT2D eigenvalue weighted by Crippen LogP contribution is 2.31. The molecular weight excluding hydrogens is 386 g/mol. The molecule has 1 amide bonds. The highest BCUT2D eigenvalue weighted by molar-refractivity contribution is 8.00. The molecule has 1 aromatic carbocycles. The summed E-state index contributed by atoms with van der Waals surface area (Å²) in [4.78, 5) is 13.3. The van der Waals surface area contributed by atoms with Crippen LogP contribution in [-0.2, 0) is 11.3 Å². The van der Waals surface area contributed by atoms with E-state index >= 15 is 0 Å². The van der Waals surface area contributed by atoms with E-state index in [9.17, 15) is 4.79 Å². The third-order valence-electron chi connectivity index (χ3n) is 3.67. The Balaban J connectivity index is 1.64. The van der Waals surface area contributed by atoms with E-state index in [0.29, 0.717) is 34.7 Å². The van der Waals surface area contributed by atoms with Crippen LogP contribution in [0.2, 0.25) is 0 Å². The van der Waals surface area contributed by atoms with Gasteiger partial charge in [-0.1, -0.05) is 17.8 Å². The summed E-state index contributed by atoms with van der Waals surface area (Å²) in [6.07, 6.45) is 0. The second kappa shape index (κ2) is 8.92. The molecule has 2 aromatic heterocycles. The van der Waals surface area contributed by atoms with Crippen LogP contribution in [-0.4, -0.2) is 35.6 Å². The van der Waals surface area contributed by atoms with Crippen LogP contribution in [0.3, 0.4) is 0 Å². The zero-order valence-electron chi connectivity index (χ0n) is 15.1. The molecule has 2 heterocycles. The summed E-state index contributed by atoms with van der Waals surface area (Å²) in [5.74, 6) is 1.49. The van der Waals surface area contributed by atoms with Gasteiger partial charge < -0.3 is 19.2 Å². The first-order chi connectivity index (χ1) is 13.1. The van der Waals surface area contributed by atoms with Gasteiger partial charge in [0, 0.05) is 16.5 Å². The number of hydrogen-bond acceptors (Lipinski definition) is 8. The van der Waals surface area contributed by atoms with Crippen LogP contribution in [0, 0.1) is 0 Å². The molecule has 0 radical (unpaired) electrons. The van der Waals surface area contributed by atoms with Crippen molar-refractivity contribution in [1.82, 2.24) is 15.5 Å². The van der Waals surface area contributed by atoms with Gasteiger partial charge in [0.1, 0.15) is 11.5 Å². The van der Waals surface area contributed by atoms with Crippen molar-refractivity contribution in [3.05, 3.63) is 40.6 Å². The number of aromatic nitrogens is 2. The van der Waals surface area contributed by atoms with Gasteiger partial charge in [0.05, 0.1) is 26.0 Å². The smallest absolute Gasteiger partial charge is 0.277 e. The molecule has 0 saturated carbocycles. The molecule has 27 heavy (non-hydrogen) atoms. The van der Waals surface area contributed by atoms with Gasteiger partial charge in [-0.25, -0.2) is 0 Å². The van der Waals surface area contributed by atoms with Gasteiger partial charge in [-0.15, -0.1) is 21.5 Å². The minimum Gasteiger partial charge on any atom is -0.497 e. The Morgan fingerprint density at radius 2 is 2.00 bits per heavy atom. The van der Waals surface area contributed by atoms with Crippen LogP contribution in [0.4, 0.5) is 0 Å². The largest absolute Gasteiger partial charge is 0.497 e. The van der Waals surface area contributed by atoms with Crippen molar-refractivity contribution in [2.75, 3.05) is 14.2 Å². The normalized spacial score (nSPS) is 11.8. The number of hydrogen-bond donors (Lipinski definition) is 1. The maximum absolute atomic E-state index is 12.2. The molecule has 7 nitrogen and oxygen atoms in total. The number of carbonyl (C=O) groups excluding carboxylic acids is 1.